The number of benzene rings is 2. The van der Waals surface area contributed by atoms with Crippen LogP contribution < -0.4 is 0 Å². The van der Waals surface area contributed by atoms with Crippen molar-refractivity contribution in [1.29, 1.82) is 0 Å². The van der Waals surface area contributed by atoms with Gasteiger partial charge in [0.1, 0.15) is 5.60 Å². The molecule has 3 nitrogen and oxygen atoms in total. The summed E-state index contributed by atoms with van der Waals surface area (Å²) in [6.07, 6.45) is 1.58. The van der Waals surface area contributed by atoms with Crippen LogP contribution in [0, 0.1) is 0 Å². The Hall–Kier alpha value is -1.97. The van der Waals surface area contributed by atoms with Crippen LogP contribution in [0.15, 0.2) is 42.5 Å². The molecular weight excluding hydrogens is 360 g/mol. The van der Waals surface area contributed by atoms with Crippen LogP contribution in [0.5, 0.6) is 0 Å². The first-order chi connectivity index (χ1) is 13.1. The van der Waals surface area contributed by atoms with E-state index in [-0.39, 0.29) is 16.6 Å². The van der Waals surface area contributed by atoms with Crippen LogP contribution in [0.2, 0.25) is 0 Å². The Morgan fingerprint density at radius 2 is 1.52 bits per heavy atom. The van der Waals surface area contributed by atoms with Crippen LogP contribution in [0.25, 0.3) is 0 Å². The highest BCUT2D eigenvalue weighted by Gasteiger charge is 2.45. The molecule has 3 heteroatoms. The van der Waals surface area contributed by atoms with E-state index in [2.05, 4.69) is 39.0 Å². The first-order valence-corrected chi connectivity index (χ1v) is 10.4. The number of hydrogen-bond donors (Lipinski definition) is 2. The second-order valence-corrected chi connectivity index (χ2v) is 10.7. The first-order valence-electron chi connectivity index (χ1n) is 10.4. The summed E-state index contributed by atoms with van der Waals surface area (Å²) in [7, 11) is 0. The number of carbonyl (C=O) groups excluding carboxylic acids is 1. The van der Waals surface area contributed by atoms with Crippen molar-refractivity contribution in [2.45, 2.75) is 83.3 Å². The van der Waals surface area contributed by atoms with Crippen LogP contribution in [0.1, 0.15) is 87.5 Å². The minimum absolute atomic E-state index is 0.0406. The molecule has 1 aliphatic rings. The summed E-state index contributed by atoms with van der Waals surface area (Å²) < 4.78 is 0. The molecule has 1 atom stereocenters. The molecule has 0 amide bonds. The lowest BCUT2D eigenvalue weighted by atomic mass is 9.74. The molecule has 0 aliphatic heterocycles. The number of hydrogen-bond acceptors (Lipinski definition) is 3. The first kappa shape index (κ1) is 21.7. The van der Waals surface area contributed by atoms with E-state index in [1.54, 1.807) is 0 Å². The van der Waals surface area contributed by atoms with Crippen molar-refractivity contribution >= 4 is 5.78 Å². The molecule has 2 aromatic rings. The third kappa shape index (κ3) is 4.17. The molecule has 0 saturated carbocycles. The van der Waals surface area contributed by atoms with Gasteiger partial charge in [-0.1, -0.05) is 63.2 Å². The number of carbonyl (C=O) groups is 1. The fraction of sp³-hybridized carbons (Fsp3) is 0.500. The van der Waals surface area contributed by atoms with Crippen molar-refractivity contribution in [2.75, 3.05) is 0 Å². The topological polar surface area (TPSA) is 57.5 Å². The highest BCUT2D eigenvalue weighted by molar-refractivity contribution is 6.01. The summed E-state index contributed by atoms with van der Waals surface area (Å²) >= 11 is 0. The normalized spacial score (nSPS) is 21.1. The number of fused-ring (bicyclic) bond motifs is 1. The summed E-state index contributed by atoms with van der Waals surface area (Å²) in [5, 5.41) is 20.3. The number of rotatable bonds is 5. The van der Waals surface area contributed by atoms with E-state index in [1.807, 2.05) is 38.1 Å². The van der Waals surface area contributed by atoms with Crippen LogP contribution >= 0.6 is 0 Å². The van der Waals surface area contributed by atoms with E-state index >= 15 is 0 Å². The maximum atomic E-state index is 12.4. The van der Waals surface area contributed by atoms with Crippen molar-refractivity contribution in [3.8, 4) is 0 Å². The third-order valence-electron chi connectivity index (χ3n) is 6.18. The zero-order valence-electron chi connectivity index (χ0n) is 18.8. The van der Waals surface area contributed by atoms with E-state index in [4.69, 9.17) is 0 Å². The summed E-state index contributed by atoms with van der Waals surface area (Å²) in [4.78, 5) is 12.4. The molecule has 2 N–H and O–H groups in total. The van der Waals surface area contributed by atoms with Gasteiger partial charge in [0, 0.05) is 17.4 Å². The van der Waals surface area contributed by atoms with Gasteiger partial charge in [0.05, 0.1) is 5.60 Å². The second-order valence-electron chi connectivity index (χ2n) is 10.7. The Labute approximate surface area is 174 Å². The van der Waals surface area contributed by atoms with E-state index < -0.39 is 11.2 Å². The fourth-order valence-corrected chi connectivity index (χ4v) is 4.92. The Morgan fingerprint density at radius 1 is 0.931 bits per heavy atom. The number of ketones is 1. The molecule has 29 heavy (non-hydrogen) atoms. The average Bonchev–Trinajstić information content (AvgIpc) is 2.79. The summed E-state index contributed by atoms with van der Waals surface area (Å²) in [6, 6.07) is 14.3. The van der Waals surface area contributed by atoms with Gasteiger partial charge >= 0.3 is 0 Å². The van der Waals surface area contributed by atoms with Gasteiger partial charge in [-0.3, -0.25) is 4.79 Å². The fourth-order valence-electron chi connectivity index (χ4n) is 4.92. The number of aliphatic hydroxyl groups is 2. The monoisotopic (exact) mass is 394 g/mol. The van der Waals surface area contributed by atoms with Crippen LogP contribution in [0.3, 0.4) is 0 Å². The van der Waals surface area contributed by atoms with Crippen molar-refractivity contribution in [3.05, 3.63) is 70.3 Å². The van der Waals surface area contributed by atoms with E-state index in [0.29, 0.717) is 12.0 Å². The maximum absolute atomic E-state index is 12.4. The number of Topliss-reactive ketones (excluding diaryl/α,β-unsaturated/α-hetero) is 1. The quantitative estimate of drug-likeness (QED) is 0.706. The van der Waals surface area contributed by atoms with Gasteiger partial charge in [0.15, 0.2) is 5.78 Å². The lowest BCUT2D eigenvalue weighted by Crippen LogP contribution is -2.31. The van der Waals surface area contributed by atoms with E-state index in [9.17, 15) is 15.0 Å². The van der Waals surface area contributed by atoms with Crippen molar-refractivity contribution in [3.63, 3.8) is 0 Å². The molecule has 0 spiro atoms. The van der Waals surface area contributed by atoms with Gasteiger partial charge in [-0.15, -0.1) is 0 Å². The molecule has 3 rings (SSSR count). The molecule has 156 valence electrons. The minimum Gasteiger partial charge on any atom is -0.390 e. The molecule has 0 aromatic heterocycles. The SMILES string of the molecule is CC(C)(O)Cc1ccc2c(c1)C(C)(c1ccc(C(=O)C(C)(C)O)cc1)CC2(C)C. The average molecular weight is 395 g/mol. The molecule has 0 fully saturated rings. The highest BCUT2D eigenvalue weighted by Crippen LogP contribution is 2.53. The van der Waals surface area contributed by atoms with Crippen LogP contribution in [-0.2, 0) is 17.3 Å². The Kier molecular flexibility index (Phi) is 5.08. The van der Waals surface area contributed by atoms with Crippen molar-refractivity contribution in [1.82, 2.24) is 0 Å². The molecule has 0 saturated heterocycles. The van der Waals surface area contributed by atoms with Gasteiger partial charge in [-0.05, 0) is 61.8 Å². The molecule has 1 aliphatic carbocycles. The van der Waals surface area contributed by atoms with Crippen LogP contribution in [-0.4, -0.2) is 27.2 Å². The molecule has 0 heterocycles. The molecule has 0 radical (unpaired) electrons. The summed E-state index contributed by atoms with van der Waals surface area (Å²) in [5.41, 5.74) is 3.20. The molecule has 1 unspecified atom stereocenters. The molecular formula is C26H34O3. The van der Waals surface area contributed by atoms with Gasteiger partial charge in [-0.2, -0.15) is 0 Å². The standard InChI is InChI=1S/C26H34O3/c1-23(2)16-26(7,19-11-9-18(10-12-19)22(27)25(5,6)29)21-14-17(8-13-20(21)23)15-24(3,4)28/h8-14,28-29H,15-16H2,1-7H3. The van der Waals surface area contributed by atoms with Gasteiger partial charge < -0.3 is 10.2 Å². The van der Waals surface area contributed by atoms with Gasteiger partial charge in [0.25, 0.3) is 0 Å². The Morgan fingerprint density at radius 3 is 2.03 bits per heavy atom. The van der Waals surface area contributed by atoms with E-state index in [1.165, 1.54) is 25.0 Å². The van der Waals surface area contributed by atoms with Crippen molar-refractivity contribution in [2.24, 2.45) is 0 Å². The van der Waals surface area contributed by atoms with E-state index in [0.717, 1.165) is 17.5 Å². The summed E-state index contributed by atoms with van der Waals surface area (Å²) in [6.45, 7) is 13.5. The zero-order chi connectivity index (χ0) is 21.8. The van der Waals surface area contributed by atoms with Gasteiger partial charge in [0.2, 0.25) is 0 Å². The molecule has 0 bridgehead atoms. The Balaban J connectivity index is 2.05. The predicted octanol–water partition coefficient (Wildman–Crippen LogP) is 4.94. The predicted molar refractivity (Wildman–Crippen MR) is 118 cm³/mol. The van der Waals surface area contributed by atoms with Crippen LogP contribution in [0.4, 0.5) is 0 Å². The third-order valence-corrected chi connectivity index (χ3v) is 6.18. The van der Waals surface area contributed by atoms with Crippen molar-refractivity contribution < 1.29 is 15.0 Å². The zero-order valence-corrected chi connectivity index (χ0v) is 18.8. The minimum atomic E-state index is -1.38. The Bertz CT molecular complexity index is 924. The molecule has 2 aromatic carbocycles. The smallest absolute Gasteiger partial charge is 0.193 e. The maximum Gasteiger partial charge on any atom is 0.193 e. The largest absolute Gasteiger partial charge is 0.390 e. The highest BCUT2D eigenvalue weighted by atomic mass is 16.3. The lowest BCUT2D eigenvalue weighted by molar-refractivity contribution is 0.0488. The van der Waals surface area contributed by atoms with Gasteiger partial charge in [-0.25, -0.2) is 0 Å². The second kappa shape index (κ2) is 6.78. The lowest BCUT2D eigenvalue weighted by Gasteiger charge is -2.29. The summed E-state index contributed by atoms with van der Waals surface area (Å²) in [5.74, 6) is -0.270.